The number of aryl methyl sites for hydroxylation is 1. The number of hydrogen-bond acceptors (Lipinski definition) is 3. The number of hydrogen-bond donors (Lipinski definition) is 0. The molecule has 7 aromatic carbocycles. The molecule has 218 valence electrons. The average molecular weight is 590 g/mol. The maximum atomic E-state index is 5.00. The first-order valence-corrected chi connectivity index (χ1v) is 15.8. The van der Waals surface area contributed by atoms with E-state index in [9.17, 15) is 0 Å². The summed E-state index contributed by atoms with van der Waals surface area (Å²) < 4.78 is 0. The second-order valence-electron chi connectivity index (χ2n) is 11.5. The molecule has 0 atom stereocenters. The molecule has 0 unspecified atom stereocenters. The molecule has 0 saturated carbocycles. The van der Waals surface area contributed by atoms with Crippen LogP contribution >= 0.6 is 0 Å². The van der Waals surface area contributed by atoms with E-state index in [2.05, 4.69) is 165 Å². The Morgan fingerprint density at radius 1 is 0.370 bits per heavy atom. The fourth-order valence-corrected chi connectivity index (χ4v) is 6.37. The quantitative estimate of drug-likeness (QED) is 0.194. The van der Waals surface area contributed by atoms with Gasteiger partial charge in [-0.05, 0) is 61.0 Å². The van der Waals surface area contributed by atoms with Gasteiger partial charge in [-0.3, -0.25) is 0 Å². The minimum atomic E-state index is 0.687. The van der Waals surface area contributed by atoms with Crippen LogP contribution in [0.2, 0.25) is 0 Å². The molecule has 0 radical (unpaired) electrons. The normalized spacial score (nSPS) is 11.2. The molecule has 1 aromatic heterocycles. The second-order valence-corrected chi connectivity index (χ2v) is 11.5. The second kappa shape index (κ2) is 11.9. The van der Waals surface area contributed by atoms with Gasteiger partial charge >= 0.3 is 0 Å². The molecule has 8 rings (SSSR count). The minimum absolute atomic E-state index is 0.687. The summed E-state index contributed by atoms with van der Waals surface area (Å²) in [4.78, 5) is 14.7. The fourth-order valence-electron chi connectivity index (χ4n) is 6.37. The summed E-state index contributed by atoms with van der Waals surface area (Å²) in [6.45, 7) is 2.09. The molecule has 0 spiro atoms. The summed E-state index contributed by atoms with van der Waals surface area (Å²) >= 11 is 0. The maximum absolute atomic E-state index is 5.00. The van der Waals surface area contributed by atoms with Gasteiger partial charge in [0.1, 0.15) is 5.82 Å². The molecular formula is C43H31N3. The summed E-state index contributed by atoms with van der Waals surface area (Å²) in [7, 11) is 0. The molecule has 0 fully saturated rings. The van der Waals surface area contributed by atoms with Gasteiger partial charge in [0.2, 0.25) is 0 Å². The van der Waals surface area contributed by atoms with Crippen LogP contribution in [-0.2, 0) is 6.42 Å². The van der Waals surface area contributed by atoms with Gasteiger partial charge in [0.25, 0.3) is 0 Å². The van der Waals surface area contributed by atoms with Gasteiger partial charge in [-0.25, -0.2) is 15.0 Å². The van der Waals surface area contributed by atoms with E-state index in [0.29, 0.717) is 11.6 Å². The Morgan fingerprint density at radius 3 is 1.59 bits per heavy atom. The summed E-state index contributed by atoms with van der Waals surface area (Å²) in [5, 5.41) is 4.94. The average Bonchev–Trinajstić information content (AvgIpc) is 3.14. The highest BCUT2D eigenvalue weighted by Crippen LogP contribution is 2.36. The molecule has 0 aliphatic heterocycles. The number of aromatic nitrogens is 3. The van der Waals surface area contributed by atoms with Gasteiger partial charge in [0.15, 0.2) is 11.6 Å². The third-order valence-electron chi connectivity index (χ3n) is 8.68. The Balaban J connectivity index is 1.17. The van der Waals surface area contributed by atoms with Gasteiger partial charge < -0.3 is 0 Å². The van der Waals surface area contributed by atoms with E-state index >= 15 is 0 Å². The van der Waals surface area contributed by atoms with Crippen LogP contribution in [0.25, 0.3) is 77.7 Å². The van der Waals surface area contributed by atoms with Gasteiger partial charge in [0, 0.05) is 17.5 Å². The smallest absolute Gasteiger partial charge is 0.163 e. The van der Waals surface area contributed by atoms with E-state index in [-0.39, 0.29) is 0 Å². The van der Waals surface area contributed by atoms with Crippen molar-refractivity contribution in [1.29, 1.82) is 0 Å². The predicted octanol–water partition coefficient (Wildman–Crippen LogP) is 11.1. The highest BCUT2D eigenvalue weighted by molar-refractivity contribution is 6.04. The van der Waals surface area contributed by atoms with Crippen LogP contribution in [0.3, 0.4) is 0 Å². The standard InChI is InChI=1S/C43H31N3/c1-2-41-44-42(32-26-24-31(25-27-32)36-19-9-15-30-14-6-7-18-35(30)36)46-43(45-41)34-17-8-16-33(28-34)38-21-11-22-39-37(20-10-23-40(38)39)29-12-4-3-5-13-29/h3-28H,2H2,1H3. The summed E-state index contributed by atoms with van der Waals surface area (Å²) in [6, 6.07) is 55.8. The van der Waals surface area contributed by atoms with Crippen molar-refractivity contribution in [2.45, 2.75) is 13.3 Å². The molecule has 8 aromatic rings. The van der Waals surface area contributed by atoms with E-state index < -0.39 is 0 Å². The van der Waals surface area contributed by atoms with Gasteiger partial charge in [-0.15, -0.1) is 0 Å². The Hall–Kier alpha value is -5.93. The van der Waals surface area contributed by atoms with Crippen molar-refractivity contribution in [2.24, 2.45) is 0 Å². The molecule has 0 amide bonds. The zero-order chi connectivity index (χ0) is 30.9. The number of rotatable bonds is 6. The van der Waals surface area contributed by atoms with Crippen LogP contribution in [-0.4, -0.2) is 15.0 Å². The van der Waals surface area contributed by atoms with E-state index in [1.807, 2.05) is 0 Å². The van der Waals surface area contributed by atoms with Crippen molar-refractivity contribution in [2.75, 3.05) is 0 Å². The molecule has 46 heavy (non-hydrogen) atoms. The minimum Gasteiger partial charge on any atom is -0.213 e. The predicted molar refractivity (Wildman–Crippen MR) is 191 cm³/mol. The first-order valence-electron chi connectivity index (χ1n) is 15.8. The van der Waals surface area contributed by atoms with Gasteiger partial charge in [0.05, 0.1) is 0 Å². The molecule has 0 N–H and O–H groups in total. The SMILES string of the molecule is CCc1nc(-c2ccc(-c3cccc4ccccc34)cc2)nc(-c2cccc(-c3cccc4c(-c5ccccc5)cccc34)c2)n1. The third-order valence-corrected chi connectivity index (χ3v) is 8.68. The molecule has 3 heteroatoms. The lowest BCUT2D eigenvalue weighted by molar-refractivity contribution is 0.910. The lowest BCUT2D eigenvalue weighted by atomic mass is 9.92. The van der Waals surface area contributed by atoms with Crippen LogP contribution in [0.15, 0.2) is 158 Å². The summed E-state index contributed by atoms with van der Waals surface area (Å²) in [5.41, 5.74) is 9.10. The summed E-state index contributed by atoms with van der Waals surface area (Å²) in [5.74, 6) is 2.16. The van der Waals surface area contributed by atoms with Crippen molar-refractivity contribution in [3.8, 4) is 56.2 Å². The largest absolute Gasteiger partial charge is 0.213 e. The molecular weight excluding hydrogens is 558 g/mol. The van der Waals surface area contributed by atoms with E-state index in [0.717, 1.165) is 28.9 Å². The third kappa shape index (κ3) is 5.12. The first kappa shape index (κ1) is 27.6. The van der Waals surface area contributed by atoms with E-state index in [1.165, 1.54) is 49.4 Å². The molecule has 0 bridgehead atoms. The van der Waals surface area contributed by atoms with E-state index in [1.54, 1.807) is 0 Å². The van der Waals surface area contributed by atoms with Crippen molar-refractivity contribution < 1.29 is 0 Å². The van der Waals surface area contributed by atoms with Crippen LogP contribution in [0.5, 0.6) is 0 Å². The van der Waals surface area contributed by atoms with Gasteiger partial charge in [-0.1, -0.05) is 159 Å². The highest BCUT2D eigenvalue weighted by Gasteiger charge is 2.13. The number of benzene rings is 7. The Labute approximate surface area is 268 Å². The molecule has 0 saturated heterocycles. The first-order chi connectivity index (χ1) is 22.7. The maximum Gasteiger partial charge on any atom is 0.163 e. The van der Waals surface area contributed by atoms with Crippen LogP contribution in [0.4, 0.5) is 0 Å². The Kier molecular flexibility index (Phi) is 7.12. The highest BCUT2D eigenvalue weighted by atomic mass is 15.0. The molecule has 1 heterocycles. The Bertz CT molecular complexity index is 2340. The monoisotopic (exact) mass is 589 g/mol. The fraction of sp³-hybridized carbons (Fsp3) is 0.0465. The molecule has 0 aliphatic rings. The van der Waals surface area contributed by atoms with Crippen molar-refractivity contribution in [3.05, 3.63) is 164 Å². The van der Waals surface area contributed by atoms with Crippen LogP contribution in [0.1, 0.15) is 12.7 Å². The van der Waals surface area contributed by atoms with Crippen LogP contribution < -0.4 is 0 Å². The van der Waals surface area contributed by atoms with Crippen molar-refractivity contribution >= 4 is 21.5 Å². The van der Waals surface area contributed by atoms with Crippen molar-refractivity contribution in [3.63, 3.8) is 0 Å². The number of fused-ring (bicyclic) bond motifs is 2. The lowest BCUT2D eigenvalue weighted by Gasteiger charge is -2.13. The lowest BCUT2D eigenvalue weighted by Crippen LogP contribution is -2.02. The van der Waals surface area contributed by atoms with Crippen LogP contribution in [0, 0.1) is 0 Å². The molecule has 0 aliphatic carbocycles. The van der Waals surface area contributed by atoms with E-state index in [4.69, 9.17) is 15.0 Å². The van der Waals surface area contributed by atoms with Gasteiger partial charge in [-0.2, -0.15) is 0 Å². The zero-order valence-corrected chi connectivity index (χ0v) is 25.6. The Morgan fingerprint density at radius 2 is 0.848 bits per heavy atom. The topological polar surface area (TPSA) is 38.7 Å². The number of nitrogens with zero attached hydrogens (tertiary/aromatic N) is 3. The molecule has 3 nitrogen and oxygen atoms in total. The zero-order valence-electron chi connectivity index (χ0n) is 25.6. The summed E-state index contributed by atoms with van der Waals surface area (Å²) in [6.07, 6.45) is 0.724. The van der Waals surface area contributed by atoms with Crippen molar-refractivity contribution in [1.82, 2.24) is 15.0 Å².